The Morgan fingerprint density at radius 2 is 1.70 bits per heavy atom. The van der Waals surface area contributed by atoms with E-state index in [2.05, 4.69) is 5.32 Å². The molecule has 0 aromatic heterocycles. The third-order valence-electron chi connectivity index (χ3n) is 4.39. The fourth-order valence-corrected chi connectivity index (χ4v) is 2.81. The molecule has 0 unspecified atom stereocenters. The van der Waals surface area contributed by atoms with E-state index in [1.807, 2.05) is 42.5 Å². The topological polar surface area (TPSA) is 125 Å². The van der Waals surface area contributed by atoms with Gasteiger partial charge in [-0.05, 0) is 24.6 Å². The summed E-state index contributed by atoms with van der Waals surface area (Å²) in [5.41, 5.74) is 7.57. The number of rotatable bonds is 6. The molecular weight excluding hydrogens is 386 g/mol. The first-order chi connectivity index (χ1) is 14.4. The van der Waals surface area contributed by atoms with Crippen molar-refractivity contribution in [3.8, 4) is 11.1 Å². The Morgan fingerprint density at radius 1 is 1.03 bits per heavy atom. The number of carbonyl (C=O) groups excluding carboxylic acids is 2. The van der Waals surface area contributed by atoms with Gasteiger partial charge in [0.1, 0.15) is 0 Å². The largest absolute Gasteiger partial charge is 0.449 e. The lowest BCUT2D eigenvalue weighted by atomic mass is 10.0. The van der Waals surface area contributed by atoms with Crippen LogP contribution in [0.1, 0.15) is 17.3 Å². The molecule has 8 heteroatoms. The minimum atomic E-state index is -1.15. The highest BCUT2D eigenvalue weighted by atomic mass is 16.6. The second kappa shape index (κ2) is 8.87. The van der Waals surface area contributed by atoms with Crippen LogP contribution >= 0.6 is 0 Å². The molecular formula is C22H19N3O5. The molecule has 1 atom stereocenters. The maximum Gasteiger partial charge on any atom is 0.341 e. The van der Waals surface area contributed by atoms with E-state index < -0.39 is 22.9 Å². The van der Waals surface area contributed by atoms with Crippen LogP contribution in [0.4, 0.5) is 17.1 Å². The van der Waals surface area contributed by atoms with Crippen molar-refractivity contribution < 1.29 is 19.2 Å². The van der Waals surface area contributed by atoms with Crippen LogP contribution in [0, 0.1) is 10.1 Å². The number of para-hydroxylation sites is 1. The SMILES string of the molecule is C[C@@H](OC(=O)c1cc([N+](=O)[O-])ccc1N)C(=O)Nc1ccccc1-c1ccccc1. The van der Waals surface area contributed by atoms with Gasteiger partial charge in [0.15, 0.2) is 6.10 Å². The van der Waals surface area contributed by atoms with Crippen LogP contribution in [0.2, 0.25) is 0 Å². The van der Waals surface area contributed by atoms with Gasteiger partial charge in [0.2, 0.25) is 0 Å². The zero-order valence-electron chi connectivity index (χ0n) is 16.1. The van der Waals surface area contributed by atoms with Gasteiger partial charge in [0.25, 0.3) is 11.6 Å². The molecule has 3 aromatic rings. The van der Waals surface area contributed by atoms with Crippen molar-refractivity contribution >= 4 is 28.9 Å². The summed E-state index contributed by atoms with van der Waals surface area (Å²) in [5.74, 6) is -1.47. The predicted molar refractivity (Wildman–Crippen MR) is 113 cm³/mol. The number of hydrogen-bond donors (Lipinski definition) is 2. The Labute approximate surface area is 172 Å². The highest BCUT2D eigenvalue weighted by Gasteiger charge is 2.23. The Kier molecular flexibility index (Phi) is 6.07. The van der Waals surface area contributed by atoms with Crippen molar-refractivity contribution in [3.63, 3.8) is 0 Å². The third-order valence-corrected chi connectivity index (χ3v) is 4.39. The summed E-state index contributed by atoms with van der Waals surface area (Å²) in [6.45, 7) is 1.41. The molecule has 1 amide bonds. The van der Waals surface area contributed by atoms with Crippen molar-refractivity contribution in [2.45, 2.75) is 13.0 Å². The number of nitrogen functional groups attached to an aromatic ring is 1. The molecule has 3 rings (SSSR count). The summed E-state index contributed by atoms with van der Waals surface area (Å²) in [4.78, 5) is 35.3. The van der Waals surface area contributed by atoms with Crippen LogP contribution in [-0.2, 0) is 9.53 Å². The molecule has 0 saturated heterocycles. The summed E-state index contributed by atoms with van der Waals surface area (Å²) in [6, 6.07) is 20.2. The maximum absolute atomic E-state index is 12.6. The van der Waals surface area contributed by atoms with E-state index in [0.717, 1.165) is 17.2 Å². The van der Waals surface area contributed by atoms with Gasteiger partial charge in [0, 0.05) is 29.1 Å². The molecule has 0 radical (unpaired) electrons. The monoisotopic (exact) mass is 405 g/mol. The van der Waals surface area contributed by atoms with Gasteiger partial charge in [-0.1, -0.05) is 48.5 Å². The molecule has 0 aliphatic carbocycles. The highest BCUT2D eigenvalue weighted by Crippen LogP contribution is 2.28. The quantitative estimate of drug-likeness (QED) is 0.276. The number of nitro benzene ring substituents is 1. The molecule has 0 aliphatic heterocycles. The Hall–Kier alpha value is -4.20. The second-order valence-electron chi connectivity index (χ2n) is 6.48. The Morgan fingerprint density at radius 3 is 2.40 bits per heavy atom. The van der Waals surface area contributed by atoms with Crippen LogP contribution < -0.4 is 11.1 Å². The molecule has 0 saturated carbocycles. The zero-order chi connectivity index (χ0) is 21.7. The van der Waals surface area contributed by atoms with E-state index in [-0.39, 0.29) is 16.9 Å². The van der Waals surface area contributed by atoms with Crippen LogP contribution in [-0.4, -0.2) is 22.9 Å². The summed E-state index contributed by atoms with van der Waals surface area (Å²) >= 11 is 0. The van der Waals surface area contributed by atoms with Gasteiger partial charge < -0.3 is 15.8 Å². The number of nitrogens with two attached hydrogens (primary N) is 1. The molecule has 3 aromatic carbocycles. The summed E-state index contributed by atoms with van der Waals surface area (Å²) < 4.78 is 5.18. The molecule has 0 fully saturated rings. The molecule has 30 heavy (non-hydrogen) atoms. The van der Waals surface area contributed by atoms with Crippen molar-refractivity contribution in [1.29, 1.82) is 0 Å². The Balaban J connectivity index is 1.74. The number of anilines is 2. The molecule has 152 valence electrons. The van der Waals surface area contributed by atoms with Crippen molar-refractivity contribution in [2.75, 3.05) is 11.1 Å². The number of nitrogens with zero attached hydrogens (tertiary/aromatic N) is 1. The normalized spacial score (nSPS) is 11.4. The zero-order valence-corrected chi connectivity index (χ0v) is 16.1. The van der Waals surface area contributed by atoms with Gasteiger partial charge in [-0.15, -0.1) is 0 Å². The number of amides is 1. The van der Waals surface area contributed by atoms with E-state index >= 15 is 0 Å². The maximum atomic E-state index is 12.6. The average Bonchev–Trinajstić information content (AvgIpc) is 2.74. The van der Waals surface area contributed by atoms with Crippen molar-refractivity contribution in [3.05, 3.63) is 88.5 Å². The van der Waals surface area contributed by atoms with Gasteiger partial charge in [-0.25, -0.2) is 4.79 Å². The van der Waals surface area contributed by atoms with Gasteiger partial charge >= 0.3 is 5.97 Å². The fraction of sp³-hybridized carbons (Fsp3) is 0.0909. The summed E-state index contributed by atoms with van der Waals surface area (Å²) in [5, 5.41) is 13.7. The molecule has 0 heterocycles. The van der Waals surface area contributed by atoms with Crippen LogP contribution in [0.25, 0.3) is 11.1 Å². The standard InChI is InChI=1S/C22H19N3O5/c1-14(30-22(27)18-13-16(25(28)29)11-12-19(18)23)21(26)24-20-10-6-5-9-17(20)15-7-3-2-4-8-15/h2-14H,23H2,1H3,(H,24,26)/t14-/m1/s1. The minimum absolute atomic E-state index is 0.0210. The van der Waals surface area contributed by atoms with E-state index in [1.165, 1.54) is 19.1 Å². The average molecular weight is 405 g/mol. The lowest BCUT2D eigenvalue weighted by Gasteiger charge is -2.16. The first-order valence-electron chi connectivity index (χ1n) is 9.07. The van der Waals surface area contributed by atoms with E-state index in [4.69, 9.17) is 10.5 Å². The van der Waals surface area contributed by atoms with Crippen molar-refractivity contribution in [1.82, 2.24) is 0 Å². The summed E-state index contributed by atoms with van der Waals surface area (Å²) in [7, 11) is 0. The van der Waals surface area contributed by atoms with Crippen LogP contribution in [0.5, 0.6) is 0 Å². The molecule has 0 spiro atoms. The number of benzene rings is 3. The smallest absolute Gasteiger partial charge is 0.341 e. The molecule has 0 aliphatic rings. The van der Waals surface area contributed by atoms with Crippen molar-refractivity contribution in [2.24, 2.45) is 0 Å². The predicted octanol–water partition coefficient (Wildman–Crippen LogP) is 4.03. The van der Waals surface area contributed by atoms with Crippen LogP contribution in [0.3, 0.4) is 0 Å². The van der Waals surface area contributed by atoms with Gasteiger partial charge in [0.05, 0.1) is 10.5 Å². The second-order valence-corrected chi connectivity index (χ2v) is 6.48. The number of carbonyl (C=O) groups is 2. The minimum Gasteiger partial charge on any atom is -0.449 e. The first kappa shape index (κ1) is 20.5. The lowest BCUT2D eigenvalue weighted by molar-refractivity contribution is -0.384. The number of hydrogen-bond acceptors (Lipinski definition) is 6. The molecule has 8 nitrogen and oxygen atoms in total. The lowest BCUT2D eigenvalue weighted by Crippen LogP contribution is -2.30. The highest BCUT2D eigenvalue weighted by molar-refractivity contribution is 6.01. The van der Waals surface area contributed by atoms with E-state index in [9.17, 15) is 19.7 Å². The number of nitrogens with one attached hydrogen (secondary N) is 1. The van der Waals surface area contributed by atoms with E-state index in [0.29, 0.717) is 5.69 Å². The van der Waals surface area contributed by atoms with Crippen LogP contribution in [0.15, 0.2) is 72.8 Å². The number of ether oxygens (including phenoxy) is 1. The van der Waals surface area contributed by atoms with Gasteiger partial charge in [-0.3, -0.25) is 14.9 Å². The Bertz CT molecular complexity index is 1100. The third kappa shape index (κ3) is 4.61. The van der Waals surface area contributed by atoms with Gasteiger partial charge in [-0.2, -0.15) is 0 Å². The number of non-ortho nitro benzene ring substituents is 1. The summed E-state index contributed by atoms with van der Waals surface area (Å²) in [6.07, 6.45) is -1.15. The molecule has 0 bridgehead atoms. The number of nitro groups is 1. The number of esters is 1. The fourth-order valence-electron chi connectivity index (χ4n) is 2.81. The molecule has 3 N–H and O–H groups in total. The first-order valence-corrected chi connectivity index (χ1v) is 9.07. The van der Waals surface area contributed by atoms with E-state index in [1.54, 1.807) is 12.1 Å².